The van der Waals surface area contributed by atoms with Gasteiger partial charge in [0.2, 0.25) is 5.89 Å². The normalized spacial score (nSPS) is 17.8. The van der Waals surface area contributed by atoms with Crippen molar-refractivity contribution in [2.24, 2.45) is 0 Å². The molecule has 3 aromatic rings. The van der Waals surface area contributed by atoms with E-state index in [2.05, 4.69) is 25.7 Å². The Kier molecular flexibility index (Phi) is 7.26. The van der Waals surface area contributed by atoms with Crippen molar-refractivity contribution in [1.29, 1.82) is 0 Å². The second kappa shape index (κ2) is 10.5. The second-order valence-electron chi connectivity index (χ2n) is 8.38. The highest BCUT2D eigenvalue weighted by Gasteiger charge is 2.30. The van der Waals surface area contributed by atoms with Gasteiger partial charge in [-0.1, -0.05) is 37.2 Å². The monoisotopic (exact) mass is 452 g/mol. The van der Waals surface area contributed by atoms with Crippen LogP contribution in [0.1, 0.15) is 73.2 Å². The van der Waals surface area contributed by atoms with Crippen LogP contribution in [0.3, 0.4) is 0 Å². The van der Waals surface area contributed by atoms with E-state index in [9.17, 15) is 9.18 Å². The van der Waals surface area contributed by atoms with Gasteiger partial charge in [-0.05, 0) is 43.9 Å². The summed E-state index contributed by atoms with van der Waals surface area (Å²) in [4.78, 5) is 19.0. The third-order valence-electron chi connectivity index (χ3n) is 5.92. The number of nitrogens with one attached hydrogen (secondary N) is 1. The number of aromatic nitrogens is 4. The highest BCUT2D eigenvalue weighted by atomic mass is 19.1. The molecule has 1 fully saturated rings. The van der Waals surface area contributed by atoms with E-state index in [0.29, 0.717) is 23.8 Å². The maximum atomic E-state index is 14.1. The molecule has 0 aliphatic heterocycles. The van der Waals surface area contributed by atoms with Crippen LogP contribution in [0.2, 0.25) is 0 Å². The van der Waals surface area contributed by atoms with Gasteiger partial charge in [-0.25, -0.2) is 4.39 Å². The van der Waals surface area contributed by atoms with Crippen molar-refractivity contribution in [3.05, 3.63) is 65.2 Å². The van der Waals surface area contributed by atoms with Gasteiger partial charge in [0.15, 0.2) is 11.5 Å². The maximum Gasteiger partial charge on any atom is 0.274 e. The molecule has 4 rings (SSSR count). The van der Waals surface area contributed by atoms with Gasteiger partial charge in [-0.3, -0.25) is 4.79 Å². The molecule has 174 valence electrons. The van der Waals surface area contributed by atoms with Crippen molar-refractivity contribution >= 4 is 11.7 Å². The van der Waals surface area contributed by atoms with Gasteiger partial charge >= 0.3 is 0 Å². The average molecular weight is 453 g/mol. The molecular formula is C24H29FN6O2. The average Bonchev–Trinajstić information content (AvgIpc) is 3.50. The molecule has 2 heterocycles. The summed E-state index contributed by atoms with van der Waals surface area (Å²) >= 11 is 0. The number of carbonyl (C=O) groups excluding carboxylic acids is 1. The Bertz CT molecular complexity index is 1070. The lowest BCUT2D eigenvalue weighted by Gasteiger charge is -2.22. The number of amides is 1. The maximum absolute atomic E-state index is 14.1. The minimum Gasteiger partial charge on any atom is -0.366 e. The highest BCUT2D eigenvalue weighted by Crippen LogP contribution is 2.34. The molecule has 2 unspecified atom stereocenters. The molecule has 9 heteroatoms. The number of carbonyl (C=O) groups is 1. The van der Waals surface area contributed by atoms with Crippen LogP contribution in [0.15, 0.2) is 40.9 Å². The molecule has 0 spiro atoms. The van der Waals surface area contributed by atoms with E-state index < -0.39 is 0 Å². The van der Waals surface area contributed by atoms with Crippen LogP contribution in [0.4, 0.5) is 10.2 Å². The van der Waals surface area contributed by atoms with Crippen LogP contribution in [-0.4, -0.2) is 43.7 Å². The van der Waals surface area contributed by atoms with Crippen LogP contribution in [-0.2, 0) is 13.0 Å². The number of halogens is 1. The Morgan fingerprint density at radius 2 is 2.03 bits per heavy atom. The van der Waals surface area contributed by atoms with Crippen molar-refractivity contribution in [3.63, 3.8) is 0 Å². The summed E-state index contributed by atoms with van der Waals surface area (Å²) in [6, 6.07) is 10.2. The molecule has 1 aliphatic rings. The summed E-state index contributed by atoms with van der Waals surface area (Å²) in [6.45, 7) is 4.68. The summed E-state index contributed by atoms with van der Waals surface area (Å²) in [7, 11) is 0. The molecule has 0 saturated heterocycles. The van der Waals surface area contributed by atoms with Crippen LogP contribution < -0.4 is 5.32 Å². The zero-order valence-electron chi connectivity index (χ0n) is 19.0. The van der Waals surface area contributed by atoms with E-state index in [0.717, 1.165) is 37.9 Å². The van der Waals surface area contributed by atoms with Gasteiger partial charge in [-0.15, -0.1) is 10.2 Å². The van der Waals surface area contributed by atoms with Crippen LogP contribution in [0, 0.1) is 5.82 Å². The van der Waals surface area contributed by atoms with Gasteiger partial charge in [0.1, 0.15) is 11.6 Å². The van der Waals surface area contributed by atoms with E-state index in [1.54, 1.807) is 35.2 Å². The lowest BCUT2D eigenvalue weighted by Crippen LogP contribution is -2.32. The molecule has 0 radical (unpaired) electrons. The fourth-order valence-corrected chi connectivity index (χ4v) is 4.16. The minimum atomic E-state index is -0.321. The number of hydrogen-bond acceptors (Lipinski definition) is 7. The first-order valence-corrected chi connectivity index (χ1v) is 11.5. The van der Waals surface area contributed by atoms with Crippen molar-refractivity contribution < 1.29 is 13.7 Å². The first-order chi connectivity index (χ1) is 16.1. The van der Waals surface area contributed by atoms with E-state index in [1.165, 1.54) is 6.07 Å². The second-order valence-corrected chi connectivity index (χ2v) is 8.38. The molecule has 1 aliphatic carbocycles. The van der Waals surface area contributed by atoms with Crippen LogP contribution in [0.25, 0.3) is 0 Å². The number of benzene rings is 1. The molecule has 0 bridgehead atoms. The Labute approximate surface area is 192 Å². The zero-order valence-corrected chi connectivity index (χ0v) is 19.0. The minimum absolute atomic E-state index is 0.194. The van der Waals surface area contributed by atoms with E-state index >= 15 is 0 Å². The standard InChI is InChI=1S/C24H29FN6O2/c1-3-13-31(15-17-7-5-6-8-19(17)25)24(32)20-11-12-22(29-28-20)26-18-10-9-16(14-18)23-27-21(4-2)30-33-23/h5-8,11-12,16,18H,3-4,9-10,13-15H2,1-2H3,(H,26,29). The first-order valence-electron chi connectivity index (χ1n) is 11.5. The number of rotatable bonds is 9. The number of anilines is 1. The molecule has 33 heavy (non-hydrogen) atoms. The zero-order chi connectivity index (χ0) is 23.2. The van der Waals surface area contributed by atoms with Gasteiger partial charge in [0, 0.05) is 37.0 Å². The molecular weight excluding hydrogens is 423 g/mol. The van der Waals surface area contributed by atoms with Gasteiger partial charge in [0.25, 0.3) is 5.91 Å². The Morgan fingerprint density at radius 1 is 1.18 bits per heavy atom. The Morgan fingerprint density at radius 3 is 2.73 bits per heavy atom. The largest absolute Gasteiger partial charge is 0.366 e. The number of hydrogen-bond donors (Lipinski definition) is 1. The molecule has 2 atom stereocenters. The lowest BCUT2D eigenvalue weighted by atomic mass is 10.1. The van der Waals surface area contributed by atoms with E-state index in [-0.39, 0.29) is 35.9 Å². The highest BCUT2D eigenvalue weighted by molar-refractivity contribution is 5.92. The Balaban J connectivity index is 1.36. The number of aryl methyl sites for hydroxylation is 1. The molecule has 8 nitrogen and oxygen atoms in total. The fraction of sp³-hybridized carbons (Fsp3) is 0.458. The van der Waals surface area contributed by atoms with Gasteiger partial charge in [-0.2, -0.15) is 4.98 Å². The predicted octanol–water partition coefficient (Wildman–Crippen LogP) is 4.36. The summed E-state index contributed by atoms with van der Waals surface area (Å²) in [5.41, 5.74) is 0.723. The molecule has 1 aromatic carbocycles. The third kappa shape index (κ3) is 5.53. The summed E-state index contributed by atoms with van der Waals surface area (Å²) in [5.74, 6) is 1.72. The molecule has 1 N–H and O–H groups in total. The molecule has 1 amide bonds. The summed E-state index contributed by atoms with van der Waals surface area (Å²) < 4.78 is 19.5. The van der Waals surface area contributed by atoms with Crippen molar-refractivity contribution in [2.75, 3.05) is 11.9 Å². The third-order valence-corrected chi connectivity index (χ3v) is 5.92. The summed E-state index contributed by atoms with van der Waals surface area (Å²) in [5, 5.41) is 15.7. The lowest BCUT2D eigenvalue weighted by molar-refractivity contribution is 0.0734. The first kappa shape index (κ1) is 22.8. The van der Waals surface area contributed by atoms with Crippen molar-refractivity contribution in [2.45, 2.75) is 64.5 Å². The van der Waals surface area contributed by atoms with Crippen molar-refractivity contribution in [1.82, 2.24) is 25.2 Å². The SMILES string of the molecule is CCCN(Cc1ccccc1F)C(=O)c1ccc(NC2CCC(c3nc(CC)no3)C2)nn1. The molecule has 1 saturated carbocycles. The molecule has 2 aromatic heterocycles. The topological polar surface area (TPSA) is 97.0 Å². The predicted molar refractivity (Wildman–Crippen MR) is 121 cm³/mol. The van der Waals surface area contributed by atoms with Crippen LogP contribution in [0.5, 0.6) is 0 Å². The van der Waals surface area contributed by atoms with Crippen LogP contribution >= 0.6 is 0 Å². The Hall–Kier alpha value is -3.36. The van der Waals surface area contributed by atoms with Crippen molar-refractivity contribution in [3.8, 4) is 0 Å². The quantitative estimate of drug-likeness (QED) is 0.515. The smallest absolute Gasteiger partial charge is 0.274 e. The van der Waals surface area contributed by atoms with Gasteiger partial charge < -0.3 is 14.7 Å². The van der Waals surface area contributed by atoms with Gasteiger partial charge in [0.05, 0.1) is 0 Å². The fourth-order valence-electron chi connectivity index (χ4n) is 4.16. The van der Waals surface area contributed by atoms with E-state index in [1.807, 2.05) is 13.8 Å². The van der Waals surface area contributed by atoms with E-state index in [4.69, 9.17) is 4.52 Å². The number of nitrogens with zero attached hydrogens (tertiary/aromatic N) is 5. The summed E-state index contributed by atoms with van der Waals surface area (Å²) in [6.07, 6.45) is 4.32.